The lowest BCUT2D eigenvalue weighted by Crippen LogP contribution is -1.91. The minimum atomic E-state index is 0.758. The molecule has 0 aliphatic heterocycles. The normalized spacial score (nSPS) is 12.0. The lowest BCUT2D eigenvalue weighted by atomic mass is 9.97. The van der Waals surface area contributed by atoms with E-state index in [-0.39, 0.29) is 0 Å². The molecule has 0 amide bonds. The fraction of sp³-hybridized carbons (Fsp3) is 0.0769. The zero-order valence-electron chi connectivity index (χ0n) is 16.3. The number of nitrogens with zero attached hydrogens (tertiary/aromatic N) is 2. The van der Waals surface area contributed by atoms with Crippen molar-refractivity contribution in [2.45, 2.75) is 0 Å². The van der Waals surface area contributed by atoms with E-state index in [1.807, 2.05) is 12.1 Å². The van der Waals surface area contributed by atoms with E-state index in [9.17, 15) is 0 Å². The number of aryl methyl sites for hydroxylation is 2. The van der Waals surface area contributed by atoms with Crippen LogP contribution in [0.5, 0.6) is 0 Å². The molecule has 0 aliphatic carbocycles. The molecule has 3 heteroatoms. The van der Waals surface area contributed by atoms with Gasteiger partial charge in [-0.05, 0) is 41.5 Å². The van der Waals surface area contributed by atoms with Crippen LogP contribution in [0.4, 0.5) is 0 Å². The van der Waals surface area contributed by atoms with Gasteiger partial charge in [-0.1, -0.05) is 60.1 Å². The summed E-state index contributed by atoms with van der Waals surface area (Å²) in [6.45, 7) is 0. The summed E-state index contributed by atoms with van der Waals surface area (Å²) in [5.41, 5.74) is 7.45. The lowest BCUT2D eigenvalue weighted by Gasteiger charge is -2.09. The van der Waals surface area contributed by atoms with Crippen LogP contribution in [0.1, 0.15) is 0 Å². The highest BCUT2D eigenvalue weighted by atomic mass is 35.5. The maximum absolute atomic E-state index is 6.18. The molecule has 2 aromatic heterocycles. The van der Waals surface area contributed by atoms with Crippen molar-refractivity contribution in [2.24, 2.45) is 14.1 Å². The van der Waals surface area contributed by atoms with E-state index >= 15 is 0 Å². The largest absolute Gasteiger partial charge is 0.344 e. The van der Waals surface area contributed by atoms with Crippen LogP contribution >= 0.6 is 11.6 Å². The highest BCUT2D eigenvalue weighted by molar-refractivity contribution is 6.31. The van der Waals surface area contributed by atoms with Crippen molar-refractivity contribution in [3.05, 3.63) is 83.9 Å². The van der Waals surface area contributed by atoms with Gasteiger partial charge in [0.15, 0.2) is 0 Å². The Labute approximate surface area is 173 Å². The Bertz CT molecular complexity index is 1570. The monoisotopic (exact) mass is 394 g/mol. The molecule has 0 radical (unpaired) electrons. The van der Waals surface area contributed by atoms with Gasteiger partial charge in [0.25, 0.3) is 0 Å². The number of halogens is 1. The summed E-state index contributed by atoms with van der Waals surface area (Å²) >= 11 is 6.18. The van der Waals surface area contributed by atoms with Gasteiger partial charge < -0.3 is 9.13 Å². The highest BCUT2D eigenvalue weighted by Gasteiger charge is 2.20. The van der Waals surface area contributed by atoms with E-state index in [2.05, 4.69) is 90.0 Å². The molecular formula is C26H19ClN2. The summed E-state index contributed by atoms with van der Waals surface area (Å²) in [4.78, 5) is 0. The van der Waals surface area contributed by atoms with E-state index < -0.39 is 0 Å². The summed E-state index contributed by atoms with van der Waals surface area (Å²) < 4.78 is 4.65. The Kier molecular flexibility index (Phi) is 3.39. The van der Waals surface area contributed by atoms with E-state index in [1.165, 1.54) is 54.7 Å². The second-order valence-electron chi connectivity index (χ2n) is 7.70. The average Bonchev–Trinajstić information content (AvgIpc) is 3.21. The van der Waals surface area contributed by atoms with Crippen LogP contribution in [-0.2, 0) is 14.1 Å². The van der Waals surface area contributed by atoms with Gasteiger partial charge >= 0.3 is 0 Å². The van der Waals surface area contributed by atoms with Gasteiger partial charge in [0.2, 0.25) is 0 Å². The van der Waals surface area contributed by atoms with Crippen LogP contribution in [0.2, 0.25) is 5.02 Å². The minimum absolute atomic E-state index is 0.758. The number of fused-ring (bicyclic) bond motifs is 7. The molecule has 0 bridgehead atoms. The first-order valence-corrected chi connectivity index (χ1v) is 10.2. The van der Waals surface area contributed by atoms with Crippen LogP contribution < -0.4 is 0 Å². The number of benzene rings is 4. The van der Waals surface area contributed by atoms with Gasteiger partial charge in [-0.15, -0.1) is 0 Å². The second-order valence-corrected chi connectivity index (χ2v) is 8.14. The third-order valence-corrected chi connectivity index (χ3v) is 6.45. The number of rotatable bonds is 1. The zero-order chi connectivity index (χ0) is 19.7. The smallest absolute Gasteiger partial charge is 0.0596 e. The molecule has 29 heavy (non-hydrogen) atoms. The number of hydrogen-bond donors (Lipinski definition) is 0. The zero-order valence-corrected chi connectivity index (χ0v) is 17.0. The molecule has 0 spiro atoms. The van der Waals surface area contributed by atoms with Crippen molar-refractivity contribution in [3.8, 4) is 11.1 Å². The number of aromatic nitrogens is 2. The molecule has 6 aromatic rings. The molecule has 2 heterocycles. The molecule has 2 nitrogen and oxygen atoms in total. The summed E-state index contributed by atoms with van der Waals surface area (Å²) in [6, 6.07) is 27.9. The van der Waals surface area contributed by atoms with E-state index in [4.69, 9.17) is 11.6 Å². The molecule has 0 saturated carbocycles. The first-order valence-electron chi connectivity index (χ1n) is 9.78. The van der Waals surface area contributed by atoms with Crippen LogP contribution in [0.15, 0.2) is 78.9 Å². The first-order chi connectivity index (χ1) is 14.1. The average molecular weight is 395 g/mol. The molecular weight excluding hydrogens is 376 g/mol. The number of hydrogen-bond acceptors (Lipinski definition) is 0. The first kappa shape index (κ1) is 16.7. The SMILES string of the molecule is Cn1c2ccccc2c2c1cc(-c1ccc(Cl)cc1)c1c3ccccc3n(C)c12. The summed E-state index contributed by atoms with van der Waals surface area (Å²) in [6.07, 6.45) is 0. The fourth-order valence-electron chi connectivity index (χ4n) is 4.86. The third-order valence-electron chi connectivity index (χ3n) is 6.20. The topological polar surface area (TPSA) is 9.86 Å². The molecule has 0 atom stereocenters. The summed E-state index contributed by atoms with van der Waals surface area (Å²) in [7, 11) is 4.34. The lowest BCUT2D eigenvalue weighted by molar-refractivity contribution is 1.01. The molecule has 4 aromatic carbocycles. The molecule has 0 saturated heterocycles. The summed E-state index contributed by atoms with van der Waals surface area (Å²) in [5, 5.41) is 5.95. The molecule has 0 aliphatic rings. The molecule has 6 rings (SSSR count). The van der Waals surface area contributed by atoms with Crippen LogP contribution in [0.25, 0.3) is 54.7 Å². The Morgan fingerprint density at radius 2 is 1.21 bits per heavy atom. The third kappa shape index (κ3) is 2.18. The Balaban J connectivity index is 1.94. The predicted molar refractivity (Wildman–Crippen MR) is 125 cm³/mol. The van der Waals surface area contributed by atoms with Gasteiger partial charge in [0, 0.05) is 51.7 Å². The summed E-state index contributed by atoms with van der Waals surface area (Å²) in [5.74, 6) is 0. The molecule has 0 N–H and O–H groups in total. The molecule has 140 valence electrons. The maximum atomic E-state index is 6.18. The molecule has 0 unspecified atom stereocenters. The van der Waals surface area contributed by atoms with E-state index in [0.717, 1.165) is 5.02 Å². The Morgan fingerprint density at radius 1 is 0.621 bits per heavy atom. The predicted octanol–water partition coefficient (Wildman–Crippen LogP) is 7.30. The second kappa shape index (κ2) is 5.88. The van der Waals surface area contributed by atoms with Gasteiger partial charge in [0.1, 0.15) is 0 Å². The van der Waals surface area contributed by atoms with Gasteiger partial charge in [-0.25, -0.2) is 0 Å². The maximum Gasteiger partial charge on any atom is 0.0596 e. The van der Waals surface area contributed by atoms with Crippen LogP contribution in [0, 0.1) is 0 Å². The van der Waals surface area contributed by atoms with Crippen molar-refractivity contribution in [1.82, 2.24) is 9.13 Å². The van der Waals surface area contributed by atoms with E-state index in [1.54, 1.807) is 0 Å². The Morgan fingerprint density at radius 3 is 1.90 bits per heavy atom. The van der Waals surface area contributed by atoms with Crippen molar-refractivity contribution < 1.29 is 0 Å². The highest BCUT2D eigenvalue weighted by Crippen LogP contribution is 2.43. The van der Waals surface area contributed by atoms with Crippen molar-refractivity contribution in [1.29, 1.82) is 0 Å². The molecule has 0 fully saturated rings. The van der Waals surface area contributed by atoms with E-state index in [0.29, 0.717) is 0 Å². The van der Waals surface area contributed by atoms with Gasteiger partial charge in [-0.3, -0.25) is 0 Å². The Hall–Kier alpha value is -3.23. The van der Waals surface area contributed by atoms with Crippen LogP contribution in [-0.4, -0.2) is 9.13 Å². The van der Waals surface area contributed by atoms with Crippen molar-refractivity contribution in [3.63, 3.8) is 0 Å². The van der Waals surface area contributed by atoms with Gasteiger partial charge in [0.05, 0.1) is 11.0 Å². The van der Waals surface area contributed by atoms with Crippen molar-refractivity contribution in [2.75, 3.05) is 0 Å². The van der Waals surface area contributed by atoms with Crippen molar-refractivity contribution >= 4 is 55.2 Å². The standard InChI is InChI=1S/C26H19ClN2/c1-28-21-9-5-4-8-19(21)25-23(28)15-20(16-11-13-17(27)14-12-16)24-18-7-3-6-10-22(18)29(2)26(24)25/h3-15H,1-2H3. The fourth-order valence-corrected chi connectivity index (χ4v) is 4.98. The van der Waals surface area contributed by atoms with Crippen LogP contribution in [0.3, 0.4) is 0 Å². The number of para-hydroxylation sites is 2. The van der Waals surface area contributed by atoms with Gasteiger partial charge in [-0.2, -0.15) is 0 Å². The quantitative estimate of drug-likeness (QED) is 0.277. The minimum Gasteiger partial charge on any atom is -0.344 e.